The topological polar surface area (TPSA) is 85.8 Å². The highest BCUT2D eigenvalue weighted by Gasteiger charge is 2.54. The number of aliphatic hydroxyl groups excluding tert-OH is 1. The predicted molar refractivity (Wildman–Crippen MR) is 116 cm³/mol. The Bertz CT molecular complexity index is 943. The third-order valence-electron chi connectivity index (χ3n) is 7.01. The standard InChI is InChI=1S/C24H28N4O3/c29-15-21-23(17-9-7-16(8-10-17)18-4-3-11-25-12-18)20-13-27(14-22(30)28(20)21)24(31)26-19-5-1-2-6-19/h3-4,7-12,19-21,23,29H,1-2,5-6,13-15H2,(H,26,31)/t20-,21-,23+/m0/s1. The van der Waals surface area contributed by atoms with Crippen molar-refractivity contribution in [3.05, 3.63) is 54.4 Å². The number of amides is 3. The molecule has 5 rings (SSSR count). The number of fused-ring (bicyclic) bond motifs is 1. The smallest absolute Gasteiger partial charge is 0.318 e. The van der Waals surface area contributed by atoms with Gasteiger partial charge in [0.15, 0.2) is 0 Å². The van der Waals surface area contributed by atoms with Gasteiger partial charge in [-0.1, -0.05) is 43.2 Å². The number of hydrogen-bond donors (Lipinski definition) is 2. The Hall–Kier alpha value is -2.93. The average Bonchev–Trinajstić information content (AvgIpc) is 3.29. The fourth-order valence-corrected chi connectivity index (χ4v) is 5.42. The first-order valence-electron chi connectivity index (χ1n) is 11.1. The third-order valence-corrected chi connectivity index (χ3v) is 7.01. The van der Waals surface area contributed by atoms with Crippen molar-refractivity contribution in [1.29, 1.82) is 0 Å². The zero-order valence-electron chi connectivity index (χ0n) is 17.5. The molecule has 1 aromatic heterocycles. The van der Waals surface area contributed by atoms with Gasteiger partial charge in [-0.15, -0.1) is 0 Å². The highest BCUT2D eigenvalue weighted by molar-refractivity contribution is 5.87. The van der Waals surface area contributed by atoms with Crippen LogP contribution in [0.15, 0.2) is 48.8 Å². The number of aromatic nitrogens is 1. The minimum Gasteiger partial charge on any atom is -0.394 e. The lowest BCUT2D eigenvalue weighted by molar-refractivity contribution is -0.159. The Labute approximate surface area is 182 Å². The Morgan fingerprint density at radius 2 is 1.90 bits per heavy atom. The second-order valence-corrected chi connectivity index (χ2v) is 8.82. The number of benzene rings is 1. The van der Waals surface area contributed by atoms with Gasteiger partial charge in [0, 0.05) is 30.9 Å². The molecule has 7 heteroatoms. The number of urea groups is 1. The van der Waals surface area contributed by atoms with Gasteiger partial charge < -0.3 is 20.2 Å². The molecule has 3 amide bonds. The number of rotatable bonds is 4. The van der Waals surface area contributed by atoms with E-state index in [2.05, 4.69) is 34.6 Å². The van der Waals surface area contributed by atoms with Crippen LogP contribution in [0, 0.1) is 0 Å². The van der Waals surface area contributed by atoms with Gasteiger partial charge in [-0.25, -0.2) is 4.79 Å². The Morgan fingerprint density at radius 3 is 2.58 bits per heavy atom. The van der Waals surface area contributed by atoms with Gasteiger partial charge in [-0.05, 0) is 35.6 Å². The van der Waals surface area contributed by atoms with Crippen LogP contribution in [0.2, 0.25) is 0 Å². The molecule has 31 heavy (non-hydrogen) atoms. The molecule has 2 aliphatic heterocycles. The van der Waals surface area contributed by atoms with Crippen molar-refractivity contribution < 1.29 is 14.7 Å². The van der Waals surface area contributed by atoms with Gasteiger partial charge in [0.2, 0.25) is 5.91 Å². The number of nitrogens with one attached hydrogen (secondary N) is 1. The van der Waals surface area contributed by atoms with Gasteiger partial charge in [0.05, 0.1) is 18.7 Å². The van der Waals surface area contributed by atoms with E-state index in [1.807, 2.05) is 18.3 Å². The monoisotopic (exact) mass is 420 g/mol. The fourth-order valence-electron chi connectivity index (χ4n) is 5.42. The van der Waals surface area contributed by atoms with Crippen molar-refractivity contribution in [1.82, 2.24) is 20.1 Å². The molecule has 2 saturated heterocycles. The van der Waals surface area contributed by atoms with E-state index in [9.17, 15) is 14.7 Å². The molecule has 3 aliphatic rings. The Morgan fingerprint density at radius 1 is 1.13 bits per heavy atom. The SMILES string of the molecule is O=C(NC1CCCC1)N1CC(=O)N2[C@@H](CO)[C@H](c3ccc(-c4cccnc4)cc3)[C@@H]2C1. The average molecular weight is 421 g/mol. The number of piperazine rings is 1. The van der Waals surface area contributed by atoms with Crippen molar-refractivity contribution in [3.8, 4) is 11.1 Å². The summed E-state index contributed by atoms with van der Waals surface area (Å²) in [5.74, 6) is -0.0703. The summed E-state index contributed by atoms with van der Waals surface area (Å²) >= 11 is 0. The van der Waals surface area contributed by atoms with Crippen LogP contribution in [0.5, 0.6) is 0 Å². The summed E-state index contributed by atoms with van der Waals surface area (Å²) in [6.45, 7) is 0.500. The van der Waals surface area contributed by atoms with Gasteiger partial charge >= 0.3 is 6.03 Å². The van der Waals surface area contributed by atoms with Gasteiger partial charge in [-0.3, -0.25) is 9.78 Å². The van der Waals surface area contributed by atoms with E-state index in [0.717, 1.165) is 42.4 Å². The van der Waals surface area contributed by atoms with Crippen LogP contribution < -0.4 is 5.32 Å². The maximum atomic E-state index is 12.8. The summed E-state index contributed by atoms with van der Waals surface area (Å²) in [4.78, 5) is 33.1. The van der Waals surface area contributed by atoms with Crippen LogP contribution >= 0.6 is 0 Å². The molecule has 3 fully saturated rings. The minimum atomic E-state index is -0.234. The molecule has 3 atom stereocenters. The molecule has 0 unspecified atom stereocenters. The summed E-state index contributed by atoms with van der Waals surface area (Å²) in [5.41, 5.74) is 3.20. The summed E-state index contributed by atoms with van der Waals surface area (Å²) in [6.07, 6.45) is 7.91. The van der Waals surface area contributed by atoms with E-state index in [0.29, 0.717) is 6.54 Å². The molecule has 7 nitrogen and oxygen atoms in total. The molecule has 0 radical (unpaired) electrons. The third kappa shape index (κ3) is 3.67. The van der Waals surface area contributed by atoms with E-state index in [-0.39, 0.29) is 49.1 Å². The lowest BCUT2D eigenvalue weighted by Gasteiger charge is -2.58. The summed E-state index contributed by atoms with van der Waals surface area (Å²) < 4.78 is 0. The van der Waals surface area contributed by atoms with Crippen LogP contribution in [0.4, 0.5) is 4.79 Å². The molecule has 1 aromatic carbocycles. The van der Waals surface area contributed by atoms with Crippen molar-refractivity contribution in [2.75, 3.05) is 19.7 Å². The van der Waals surface area contributed by atoms with Crippen molar-refractivity contribution in [3.63, 3.8) is 0 Å². The van der Waals surface area contributed by atoms with E-state index in [1.54, 1.807) is 16.0 Å². The summed E-state index contributed by atoms with van der Waals surface area (Å²) in [5, 5.41) is 13.1. The van der Waals surface area contributed by atoms with E-state index in [1.165, 1.54) is 0 Å². The fraction of sp³-hybridized carbons (Fsp3) is 0.458. The Balaban J connectivity index is 1.33. The predicted octanol–water partition coefficient (Wildman–Crippen LogP) is 2.37. The molecule has 2 aromatic rings. The second-order valence-electron chi connectivity index (χ2n) is 8.82. The number of pyridine rings is 1. The molecular formula is C24H28N4O3. The van der Waals surface area contributed by atoms with Crippen LogP contribution in [-0.2, 0) is 4.79 Å². The molecular weight excluding hydrogens is 392 g/mol. The molecule has 0 spiro atoms. The molecule has 162 valence electrons. The van der Waals surface area contributed by atoms with Crippen LogP contribution in [0.3, 0.4) is 0 Å². The quantitative estimate of drug-likeness (QED) is 0.795. The Kier molecular flexibility index (Phi) is 5.36. The zero-order chi connectivity index (χ0) is 21.4. The zero-order valence-corrected chi connectivity index (χ0v) is 17.5. The van der Waals surface area contributed by atoms with Crippen LogP contribution in [0.25, 0.3) is 11.1 Å². The van der Waals surface area contributed by atoms with Crippen molar-refractivity contribution in [2.45, 2.75) is 49.7 Å². The van der Waals surface area contributed by atoms with Gasteiger partial charge in [0.25, 0.3) is 0 Å². The van der Waals surface area contributed by atoms with Crippen molar-refractivity contribution in [2.24, 2.45) is 0 Å². The number of nitrogens with zero attached hydrogens (tertiary/aromatic N) is 3. The highest BCUT2D eigenvalue weighted by Crippen LogP contribution is 2.43. The maximum Gasteiger partial charge on any atom is 0.318 e. The van der Waals surface area contributed by atoms with Crippen LogP contribution in [0.1, 0.15) is 37.2 Å². The first-order chi connectivity index (χ1) is 15.2. The summed E-state index contributed by atoms with van der Waals surface area (Å²) in [7, 11) is 0. The van der Waals surface area contributed by atoms with Crippen LogP contribution in [-0.4, -0.2) is 69.7 Å². The molecule has 1 aliphatic carbocycles. The molecule has 1 saturated carbocycles. The second kappa shape index (κ2) is 8.30. The highest BCUT2D eigenvalue weighted by atomic mass is 16.3. The van der Waals surface area contributed by atoms with Crippen molar-refractivity contribution >= 4 is 11.9 Å². The molecule has 2 N–H and O–H groups in total. The van der Waals surface area contributed by atoms with Gasteiger partial charge in [-0.2, -0.15) is 0 Å². The first kappa shape index (κ1) is 20.0. The number of carbonyl (C=O) groups is 2. The minimum absolute atomic E-state index is 0.0129. The largest absolute Gasteiger partial charge is 0.394 e. The van der Waals surface area contributed by atoms with E-state index < -0.39 is 0 Å². The normalized spacial score (nSPS) is 25.8. The lowest BCUT2D eigenvalue weighted by atomic mass is 9.73. The first-order valence-corrected chi connectivity index (χ1v) is 11.1. The maximum absolute atomic E-state index is 12.8. The molecule has 0 bridgehead atoms. The molecule has 3 heterocycles. The number of hydrogen-bond acceptors (Lipinski definition) is 4. The van der Waals surface area contributed by atoms with E-state index >= 15 is 0 Å². The lowest BCUT2D eigenvalue weighted by Crippen LogP contribution is -2.74. The number of aliphatic hydroxyl groups is 1. The van der Waals surface area contributed by atoms with Gasteiger partial charge in [0.1, 0.15) is 6.54 Å². The summed E-state index contributed by atoms with van der Waals surface area (Å²) in [6, 6.07) is 11.9. The van der Waals surface area contributed by atoms with E-state index in [4.69, 9.17) is 0 Å². The number of carbonyl (C=O) groups excluding carboxylic acids is 2.